The summed E-state index contributed by atoms with van der Waals surface area (Å²) in [5.74, 6) is 0.749. The lowest BCUT2D eigenvalue weighted by molar-refractivity contribution is 0.0818. The Morgan fingerprint density at radius 1 is 1.25 bits per heavy atom. The standard InChI is InChI=1S/C15H26BrN3S/c1-11(2)9-18-4-6-19(7-5-18)15(12(3)17)14-8-13(16)10-20-14/h8,10-12,15H,4-7,9,17H2,1-3H3. The predicted octanol–water partition coefficient (Wildman–Crippen LogP) is 3.17. The molecule has 1 aromatic heterocycles. The molecule has 2 N–H and O–H groups in total. The fourth-order valence-corrected chi connectivity index (χ4v) is 4.69. The Hall–Kier alpha value is 0.0600. The Kier molecular flexibility index (Phi) is 6.05. The van der Waals surface area contributed by atoms with Crippen molar-refractivity contribution in [3.8, 4) is 0 Å². The summed E-state index contributed by atoms with van der Waals surface area (Å²) in [5, 5.41) is 2.15. The van der Waals surface area contributed by atoms with Gasteiger partial charge in [-0.1, -0.05) is 13.8 Å². The molecule has 2 heterocycles. The highest BCUT2D eigenvalue weighted by Crippen LogP contribution is 2.32. The molecule has 2 unspecified atom stereocenters. The molecule has 1 aromatic rings. The van der Waals surface area contributed by atoms with Crippen LogP contribution < -0.4 is 5.73 Å². The van der Waals surface area contributed by atoms with Crippen LogP contribution in [0.3, 0.4) is 0 Å². The molecule has 0 aliphatic carbocycles. The molecule has 0 saturated carbocycles. The summed E-state index contributed by atoms with van der Waals surface area (Å²) in [4.78, 5) is 6.51. The highest BCUT2D eigenvalue weighted by molar-refractivity contribution is 9.10. The lowest BCUT2D eigenvalue weighted by Crippen LogP contribution is -2.51. The van der Waals surface area contributed by atoms with Gasteiger partial charge in [0.05, 0.1) is 6.04 Å². The normalized spacial score (nSPS) is 21.3. The van der Waals surface area contributed by atoms with Gasteiger partial charge in [0.25, 0.3) is 0 Å². The van der Waals surface area contributed by atoms with Crippen LogP contribution in [0.2, 0.25) is 0 Å². The minimum absolute atomic E-state index is 0.164. The molecule has 114 valence electrons. The van der Waals surface area contributed by atoms with Gasteiger partial charge in [0.1, 0.15) is 0 Å². The summed E-state index contributed by atoms with van der Waals surface area (Å²) < 4.78 is 1.17. The van der Waals surface area contributed by atoms with Crippen molar-refractivity contribution in [2.24, 2.45) is 11.7 Å². The highest BCUT2D eigenvalue weighted by atomic mass is 79.9. The van der Waals surface area contributed by atoms with Crippen LogP contribution in [0.1, 0.15) is 31.7 Å². The maximum atomic E-state index is 6.26. The SMILES string of the molecule is CC(C)CN1CCN(C(c2cc(Br)cs2)C(C)N)CC1. The number of piperazine rings is 1. The van der Waals surface area contributed by atoms with Gasteiger partial charge in [0.2, 0.25) is 0 Å². The Morgan fingerprint density at radius 3 is 2.35 bits per heavy atom. The molecule has 20 heavy (non-hydrogen) atoms. The number of nitrogens with two attached hydrogens (primary N) is 1. The van der Waals surface area contributed by atoms with Crippen molar-refractivity contribution in [2.45, 2.75) is 32.9 Å². The molecule has 0 radical (unpaired) electrons. The molecule has 2 atom stereocenters. The van der Waals surface area contributed by atoms with Crippen LogP contribution in [0.4, 0.5) is 0 Å². The summed E-state index contributed by atoms with van der Waals surface area (Å²) in [5.41, 5.74) is 6.26. The van der Waals surface area contributed by atoms with Crippen LogP contribution in [0.15, 0.2) is 15.9 Å². The van der Waals surface area contributed by atoms with E-state index in [1.54, 1.807) is 0 Å². The van der Waals surface area contributed by atoms with Gasteiger partial charge < -0.3 is 10.6 Å². The smallest absolute Gasteiger partial charge is 0.0592 e. The maximum Gasteiger partial charge on any atom is 0.0592 e. The summed E-state index contributed by atoms with van der Waals surface area (Å²) in [6, 6.07) is 2.74. The van der Waals surface area contributed by atoms with Crippen LogP contribution >= 0.6 is 27.3 Å². The van der Waals surface area contributed by atoms with Crippen LogP contribution in [0, 0.1) is 5.92 Å². The number of hydrogen-bond donors (Lipinski definition) is 1. The van der Waals surface area contributed by atoms with Gasteiger partial charge in [-0.15, -0.1) is 11.3 Å². The number of halogens is 1. The van der Waals surface area contributed by atoms with E-state index in [-0.39, 0.29) is 6.04 Å². The molecule has 3 nitrogen and oxygen atoms in total. The van der Waals surface area contributed by atoms with E-state index < -0.39 is 0 Å². The van der Waals surface area contributed by atoms with Crippen molar-refractivity contribution >= 4 is 27.3 Å². The van der Waals surface area contributed by atoms with Gasteiger partial charge in [0, 0.05) is 53.5 Å². The van der Waals surface area contributed by atoms with Crippen LogP contribution in [-0.4, -0.2) is 48.6 Å². The molecule has 5 heteroatoms. The van der Waals surface area contributed by atoms with E-state index in [2.05, 4.69) is 57.9 Å². The Bertz CT molecular complexity index is 411. The third-order valence-electron chi connectivity index (χ3n) is 3.80. The maximum absolute atomic E-state index is 6.26. The van der Waals surface area contributed by atoms with E-state index in [1.165, 1.54) is 15.9 Å². The predicted molar refractivity (Wildman–Crippen MR) is 91.3 cm³/mol. The summed E-state index contributed by atoms with van der Waals surface area (Å²) in [6.07, 6.45) is 0. The lowest BCUT2D eigenvalue weighted by Gasteiger charge is -2.40. The molecular weight excluding hydrogens is 334 g/mol. The van der Waals surface area contributed by atoms with E-state index >= 15 is 0 Å². The van der Waals surface area contributed by atoms with Gasteiger partial charge in [-0.05, 0) is 34.8 Å². The zero-order valence-electron chi connectivity index (χ0n) is 12.7. The molecule has 0 spiro atoms. The van der Waals surface area contributed by atoms with E-state index in [4.69, 9.17) is 5.73 Å². The van der Waals surface area contributed by atoms with Gasteiger partial charge in [-0.3, -0.25) is 4.90 Å². The number of hydrogen-bond acceptors (Lipinski definition) is 4. The van der Waals surface area contributed by atoms with E-state index in [0.29, 0.717) is 6.04 Å². The molecule has 1 aliphatic heterocycles. The zero-order valence-corrected chi connectivity index (χ0v) is 15.1. The Morgan fingerprint density at radius 2 is 1.90 bits per heavy atom. The van der Waals surface area contributed by atoms with Gasteiger partial charge >= 0.3 is 0 Å². The fourth-order valence-electron chi connectivity index (χ4n) is 3.00. The molecule has 2 rings (SSSR count). The number of nitrogens with zero attached hydrogens (tertiary/aromatic N) is 2. The Balaban J connectivity index is 1.99. The monoisotopic (exact) mass is 359 g/mol. The van der Waals surface area contributed by atoms with Crippen molar-refractivity contribution in [3.63, 3.8) is 0 Å². The van der Waals surface area contributed by atoms with E-state index in [1.807, 2.05) is 11.3 Å². The first-order valence-corrected chi connectivity index (χ1v) is 9.10. The first-order chi connectivity index (χ1) is 9.47. The molecule has 1 saturated heterocycles. The second-order valence-corrected chi connectivity index (χ2v) is 8.06. The first kappa shape index (κ1) is 16.4. The summed E-state index contributed by atoms with van der Waals surface area (Å²) in [6.45, 7) is 12.5. The fraction of sp³-hybridized carbons (Fsp3) is 0.733. The molecular formula is C15H26BrN3S. The highest BCUT2D eigenvalue weighted by Gasteiger charge is 2.28. The minimum Gasteiger partial charge on any atom is -0.326 e. The first-order valence-electron chi connectivity index (χ1n) is 7.43. The second-order valence-electron chi connectivity index (χ2n) is 6.20. The third-order valence-corrected chi connectivity index (χ3v) is 5.57. The zero-order chi connectivity index (χ0) is 14.7. The number of rotatable bonds is 5. The topological polar surface area (TPSA) is 32.5 Å². The molecule has 1 aliphatic rings. The van der Waals surface area contributed by atoms with Crippen molar-refractivity contribution < 1.29 is 0 Å². The van der Waals surface area contributed by atoms with Crippen molar-refractivity contribution in [1.29, 1.82) is 0 Å². The minimum atomic E-state index is 0.164. The van der Waals surface area contributed by atoms with Gasteiger partial charge in [-0.25, -0.2) is 0 Å². The van der Waals surface area contributed by atoms with Crippen molar-refractivity contribution in [3.05, 3.63) is 20.8 Å². The largest absolute Gasteiger partial charge is 0.326 e. The average molecular weight is 360 g/mol. The van der Waals surface area contributed by atoms with Crippen molar-refractivity contribution in [2.75, 3.05) is 32.7 Å². The Labute approximate surface area is 135 Å². The van der Waals surface area contributed by atoms with E-state index in [0.717, 1.165) is 32.1 Å². The van der Waals surface area contributed by atoms with Crippen LogP contribution in [0.25, 0.3) is 0 Å². The van der Waals surface area contributed by atoms with Gasteiger partial charge in [-0.2, -0.15) is 0 Å². The third kappa shape index (κ3) is 4.28. The van der Waals surface area contributed by atoms with E-state index in [9.17, 15) is 0 Å². The van der Waals surface area contributed by atoms with Crippen LogP contribution in [0.5, 0.6) is 0 Å². The quantitative estimate of drug-likeness (QED) is 0.876. The molecule has 0 aromatic carbocycles. The van der Waals surface area contributed by atoms with Crippen LogP contribution in [-0.2, 0) is 0 Å². The number of thiophene rings is 1. The average Bonchev–Trinajstić information content (AvgIpc) is 2.77. The van der Waals surface area contributed by atoms with Crippen molar-refractivity contribution in [1.82, 2.24) is 9.80 Å². The summed E-state index contributed by atoms with van der Waals surface area (Å²) in [7, 11) is 0. The molecule has 1 fully saturated rings. The molecule has 0 amide bonds. The second kappa shape index (κ2) is 7.36. The molecule has 0 bridgehead atoms. The summed E-state index contributed by atoms with van der Waals surface area (Å²) >= 11 is 5.36. The lowest BCUT2D eigenvalue weighted by atomic mass is 10.1. The van der Waals surface area contributed by atoms with Gasteiger partial charge in [0.15, 0.2) is 0 Å².